The van der Waals surface area contributed by atoms with Gasteiger partial charge in [0.2, 0.25) is 11.8 Å². The number of rotatable bonds is 2. The van der Waals surface area contributed by atoms with E-state index in [1.165, 1.54) is 0 Å². The van der Waals surface area contributed by atoms with Crippen LogP contribution in [0.3, 0.4) is 0 Å². The predicted molar refractivity (Wildman–Crippen MR) is 57.5 cm³/mol. The van der Waals surface area contributed by atoms with Crippen molar-refractivity contribution < 1.29 is 14.7 Å². The van der Waals surface area contributed by atoms with Crippen LogP contribution in [0.1, 0.15) is 26.7 Å². The second kappa shape index (κ2) is 3.73. The van der Waals surface area contributed by atoms with Gasteiger partial charge in [0, 0.05) is 24.4 Å². The third-order valence-electron chi connectivity index (χ3n) is 3.88. The van der Waals surface area contributed by atoms with E-state index in [9.17, 15) is 14.7 Å². The van der Waals surface area contributed by atoms with Crippen molar-refractivity contribution in [1.29, 1.82) is 0 Å². The number of hydrogen-bond donors (Lipinski definition) is 3. The second-order valence-corrected chi connectivity index (χ2v) is 5.34. The van der Waals surface area contributed by atoms with Gasteiger partial charge in [-0.15, -0.1) is 0 Å². The fraction of sp³-hybridized carbons (Fsp3) is 0.818. The third kappa shape index (κ3) is 1.80. The van der Waals surface area contributed by atoms with E-state index >= 15 is 0 Å². The molecular weight excluding hydrogens is 208 g/mol. The van der Waals surface area contributed by atoms with Gasteiger partial charge in [-0.05, 0) is 6.42 Å². The zero-order valence-corrected chi connectivity index (χ0v) is 9.62. The highest BCUT2D eigenvalue weighted by molar-refractivity contribution is 5.89. The van der Waals surface area contributed by atoms with E-state index in [1.54, 1.807) is 0 Å². The number of hydrogen-bond acceptors (Lipinski definition) is 3. The number of carbonyl (C=O) groups excluding carboxylic acids is 2. The van der Waals surface area contributed by atoms with Gasteiger partial charge in [-0.1, -0.05) is 13.8 Å². The molecule has 1 saturated heterocycles. The lowest BCUT2D eigenvalue weighted by molar-refractivity contribution is -0.133. The first-order valence-corrected chi connectivity index (χ1v) is 5.66. The Bertz CT molecular complexity index is 327. The first-order chi connectivity index (χ1) is 7.41. The fourth-order valence-corrected chi connectivity index (χ4v) is 2.23. The third-order valence-corrected chi connectivity index (χ3v) is 3.88. The molecule has 5 nitrogen and oxygen atoms in total. The molecule has 1 saturated carbocycles. The van der Waals surface area contributed by atoms with Gasteiger partial charge in [0.1, 0.15) is 0 Å². The van der Waals surface area contributed by atoms with E-state index in [2.05, 4.69) is 10.6 Å². The molecule has 2 rings (SSSR count). The summed E-state index contributed by atoms with van der Waals surface area (Å²) in [5.41, 5.74) is -0.258. The van der Waals surface area contributed by atoms with E-state index in [1.807, 2.05) is 13.8 Å². The molecule has 3 atom stereocenters. The Hall–Kier alpha value is -1.10. The fourth-order valence-electron chi connectivity index (χ4n) is 2.23. The van der Waals surface area contributed by atoms with Gasteiger partial charge in [-0.25, -0.2) is 0 Å². The number of amides is 2. The van der Waals surface area contributed by atoms with Crippen LogP contribution in [0.5, 0.6) is 0 Å². The summed E-state index contributed by atoms with van der Waals surface area (Å²) in [6, 6.07) is 0.0192. The minimum absolute atomic E-state index is 0.0192. The van der Waals surface area contributed by atoms with Gasteiger partial charge in [-0.2, -0.15) is 0 Å². The molecule has 0 aromatic carbocycles. The van der Waals surface area contributed by atoms with Crippen LogP contribution < -0.4 is 10.6 Å². The SMILES string of the molecule is CC1(C)C(O)CC1NC(=O)C1CNC(=O)C1. The minimum Gasteiger partial charge on any atom is -0.392 e. The summed E-state index contributed by atoms with van der Waals surface area (Å²) in [7, 11) is 0. The predicted octanol–water partition coefficient (Wildman–Crippen LogP) is -0.602. The molecule has 3 unspecified atom stereocenters. The van der Waals surface area contributed by atoms with Crippen LogP contribution in [0.2, 0.25) is 0 Å². The lowest BCUT2D eigenvalue weighted by atomic mass is 9.64. The summed E-state index contributed by atoms with van der Waals surface area (Å²) < 4.78 is 0. The van der Waals surface area contributed by atoms with Crippen molar-refractivity contribution in [1.82, 2.24) is 10.6 Å². The Morgan fingerprint density at radius 2 is 2.25 bits per heavy atom. The highest BCUT2D eigenvalue weighted by Gasteiger charge is 2.48. The van der Waals surface area contributed by atoms with Crippen molar-refractivity contribution >= 4 is 11.8 Å². The molecule has 3 N–H and O–H groups in total. The van der Waals surface area contributed by atoms with Crippen LogP contribution in [-0.4, -0.2) is 35.6 Å². The second-order valence-electron chi connectivity index (χ2n) is 5.34. The van der Waals surface area contributed by atoms with Crippen molar-refractivity contribution in [2.45, 2.75) is 38.8 Å². The van der Waals surface area contributed by atoms with Crippen molar-refractivity contribution in [2.75, 3.05) is 6.54 Å². The standard InChI is InChI=1S/C11H18N2O3/c1-11(2)7(4-8(11)14)13-10(16)6-3-9(15)12-5-6/h6-8,14H,3-5H2,1-2H3,(H,12,15)(H,13,16). The van der Waals surface area contributed by atoms with Crippen molar-refractivity contribution in [3.05, 3.63) is 0 Å². The summed E-state index contributed by atoms with van der Waals surface area (Å²) >= 11 is 0. The van der Waals surface area contributed by atoms with E-state index in [0.717, 1.165) is 0 Å². The average Bonchev–Trinajstić information content (AvgIpc) is 2.64. The van der Waals surface area contributed by atoms with Crippen LogP contribution >= 0.6 is 0 Å². The molecule has 1 heterocycles. The molecule has 90 valence electrons. The van der Waals surface area contributed by atoms with E-state index in [0.29, 0.717) is 13.0 Å². The highest BCUT2D eigenvalue weighted by Crippen LogP contribution is 2.40. The molecule has 16 heavy (non-hydrogen) atoms. The molecule has 2 fully saturated rings. The molecule has 1 aliphatic heterocycles. The Labute approximate surface area is 94.6 Å². The lowest BCUT2D eigenvalue weighted by Crippen LogP contribution is -2.61. The Morgan fingerprint density at radius 1 is 1.56 bits per heavy atom. The van der Waals surface area contributed by atoms with Gasteiger partial charge in [-0.3, -0.25) is 9.59 Å². The maximum atomic E-state index is 11.8. The summed E-state index contributed by atoms with van der Waals surface area (Å²) in [4.78, 5) is 22.8. The van der Waals surface area contributed by atoms with Crippen LogP contribution in [0, 0.1) is 11.3 Å². The smallest absolute Gasteiger partial charge is 0.225 e. The Balaban J connectivity index is 1.87. The lowest BCUT2D eigenvalue weighted by Gasteiger charge is -2.49. The largest absolute Gasteiger partial charge is 0.392 e. The van der Waals surface area contributed by atoms with Crippen molar-refractivity contribution in [2.24, 2.45) is 11.3 Å². The number of nitrogens with one attached hydrogen (secondary N) is 2. The first-order valence-electron chi connectivity index (χ1n) is 5.66. The van der Waals surface area contributed by atoms with Gasteiger partial charge in [0.15, 0.2) is 0 Å². The normalized spacial score (nSPS) is 36.4. The van der Waals surface area contributed by atoms with E-state index in [4.69, 9.17) is 0 Å². The molecular formula is C11H18N2O3. The van der Waals surface area contributed by atoms with Crippen molar-refractivity contribution in [3.8, 4) is 0 Å². The van der Waals surface area contributed by atoms with Crippen LogP contribution in [0.15, 0.2) is 0 Å². The topological polar surface area (TPSA) is 78.4 Å². The van der Waals surface area contributed by atoms with Gasteiger partial charge in [0.25, 0.3) is 0 Å². The van der Waals surface area contributed by atoms with Crippen LogP contribution in [-0.2, 0) is 9.59 Å². The molecule has 2 aliphatic rings. The maximum Gasteiger partial charge on any atom is 0.225 e. The van der Waals surface area contributed by atoms with Gasteiger partial charge in [0.05, 0.1) is 12.0 Å². The van der Waals surface area contributed by atoms with Crippen LogP contribution in [0.4, 0.5) is 0 Å². The zero-order chi connectivity index (χ0) is 11.9. The number of aliphatic hydroxyl groups excluding tert-OH is 1. The summed E-state index contributed by atoms with van der Waals surface area (Å²) in [5, 5.41) is 15.1. The van der Waals surface area contributed by atoms with Crippen molar-refractivity contribution in [3.63, 3.8) is 0 Å². The summed E-state index contributed by atoms with van der Waals surface area (Å²) in [6.07, 6.45) is 0.537. The van der Waals surface area contributed by atoms with E-state index in [-0.39, 0.29) is 41.7 Å². The molecule has 5 heteroatoms. The summed E-state index contributed by atoms with van der Waals surface area (Å²) in [5.74, 6) is -0.391. The first kappa shape index (κ1) is 11.4. The van der Waals surface area contributed by atoms with Gasteiger partial charge >= 0.3 is 0 Å². The quantitative estimate of drug-likeness (QED) is 0.588. The molecule has 0 aromatic heterocycles. The molecule has 0 radical (unpaired) electrons. The van der Waals surface area contributed by atoms with E-state index < -0.39 is 0 Å². The maximum absolute atomic E-state index is 11.8. The monoisotopic (exact) mass is 226 g/mol. The zero-order valence-electron chi connectivity index (χ0n) is 9.62. The van der Waals surface area contributed by atoms with Crippen LogP contribution in [0.25, 0.3) is 0 Å². The average molecular weight is 226 g/mol. The number of aliphatic hydroxyl groups is 1. The number of carbonyl (C=O) groups is 2. The molecule has 0 aromatic rings. The highest BCUT2D eigenvalue weighted by atomic mass is 16.3. The molecule has 0 bridgehead atoms. The molecule has 1 aliphatic carbocycles. The Morgan fingerprint density at radius 3 is 2.69 bits per heavy atom. The van der Waals surface area contributed by atoms with Gasteiger partial charge < -0.3 is 15.7 Å². The minimum atomic E-state index is -0.346. The summed E-state index contributed by atoms with van der Waals surface area (Å²) in [6.45, 7) is 4.30. The Kier molecular flexibility index (Phi) is 2.66. The molecule has 0 spiro atoms. The molecule has 2 amide bonds.